The summed E-state index contributed by atoms with van der Waals surface area (Å²) in [6, 6.07) is 9.46. The Morgan fingerprint density at radius 1 is 0.929 bits per heavy atom. The summed E-state index contributed by atoms with van der Waals surface area (Å²) in [5, 5.41) is 11.1. The minimum absolute atomic E-state index is 0.0836. The van der Waals surface area contributed by atoms with Crippen LogP contribution in [0.3, 0.4) is 0 Å². The van der Waals surface area contributed by atoms with Gasteiger partial charge in [-0.05, 0) is 43.3 Å². The Bertz CT molecular complexity index is 992. The van der Waals surface area contributed by atoms with Gasteiger partial charge in [0, 0.05) is 17.5 Å². The average molecular weight is 404 g/mol. The minimum Gasteiger partial charge on any atom is -0.459 e. The Kier molecular flexibility index (Phi) is 4.93. The molecule has 1 aliphatic carbocycles. The first-order valence-corrected chi connectivity index (χ1v) is 8.76. The van der Waals surface area contributed by atoms with Crippen LogP contribution in [0.15, 0.2) is 59.0 Å². The van der Waals surface area contributed by atoms with Crippen LogP contribution < -0.4 is 38.1 Å². The van der Waals surface area contributed by atoms with Gasteiger partial charge in [0.2, 0.25) is 0 Å². The average Bonchev–Trinajstić information content (AvgIpc) is 2.63. The summed E-state index contributed by atoms with van der Waals surface area (Å²) in [5.41, 5.74) is 30.9. The molecule has 0 heterocycles. The molecule has 2 unspecified atom stereocenters. The number of allylic oxidation sites excluding steroid dienone is 1. The molecule has 8 nitrogen and oxygen atoms in total. The van der Waals surface area contributed by atoms with Crippen LogP contribution >= 0.6 is 11.6 Å². The highest BCUT2D eigenvalue weighted by Crippen LogP contribution is 2.43. The molecular formula is C19H22ClN5O3. The second-order valence-corrected chi connectivity index (χ2v) is 6.91. The molecule has 148 valence electrons. The van der Waals surface area contributed by atoms with Gasteiger partial charge in [0.15, 0.2) is 0 Å². The van der Waals surface area contributed by atoms with Gasteiger partial charge in [-0.15, -0.1) is 0 Å². The Morgan fingerprint density at radius 2 is 1.46 bits per heavy atom. The largest absolute Gasteiger partial charge is 0.459 e. The van der Waals surface area contributed by atoms with E-state index in [4.69, 9.17) is 49.7 Å². The first-order chi connectivity index (χ1) is 13.1. The molecule has 0 bridgehead atoms. The number of aliphatic hydroxyl groups is 1. The number of hydrogen-bond donors (Lipinski definition) is 6. The summed E-state index contributed by atoms with van der Waals surface area (Å²) < 4.78 is 11.6. The molecule has 0 fully saturated rings. The van der Waals surface area contributed by atoms with Crippen molar-refractivity contribution in [2.24, 2.45) is 11.7 Å². The van der Waals surface area contributed by atoms with Crippen molar-refractivity contribution >= 4 is 34.4 Å². The van der Waals surface area contributed by atoms with Gasteiger partial charge in [-0.2, -0.15) is 0 Å². The van der Waals surface area contributed by atoms with E-state index >= 15 is 0 Å². The van der Waals surface area contributed by atoms with E-state index in [0.29, 0.717) is 28.6 Å². The van der Waals surface area contributed by atoms with Crippen LogP contribution in [-0.4, -0.2) is 10.9 Å². The van der Waals surface area contributed by atoms with Gasteiger partial charge < -0.3 is 43.2 Å². The van der Waals surface area contributed by atoms with Crippen molar-refractivity contribution in [3.63, 3.8) is 0 Å². The van der Waals surface area contributed by atoms with Gasteiger partial charge in [-0.1, -0.05) is 11.6 Å². The third-order valence-corrected chi connectivity index (χ3v) is 4.93. The fraction of sp³-hybridized carbons (Fsp3) is 0.158. The number of benzene rings is 2. The zero-order valence-electron chi connectivity index (χ0n) is 15.1. The molecule has 0 radical (unpaired) electrons. The van der Waals surface area contributed by atoms with E-state index < -0.39 is 11.7 Å². The first-order valence-electron chi connectivity index (χ1n) is 8.38. The van der Waals surface area contributed by atoms with E-state index in [-0.39, 0.29) is 22.2 Å². The Hall–Kier alpha value is -3.23. The van der Waals surface area contributed by atoms with E-state index in [1.165, 1.54) is 18.2 Å². The lowest BCUT2D eigenvalue weighted by Gasteiger charge is -2.38. The van der Waals surface area contributed by atoms with Gasteiger partial charge in [-0.3, -0.25) is 0 Å². The van der Waals surface area contributed by atoms with E-state index in [9.17, 15) is 5.11 Å². The lowest BCUT2D eigenvalue weighted by molar-refractivity contribution is -0.135. The van der Waals surface area contributed by atoms with Gasteiger partial charge in [0.1, 0.15) is 22.3 Å². The third-order valence-electron chi connectivity index (χ3n) is 4.44. The molecule has 0 amide bonds. The highest BCUT2D eigenvalue weighted by atomic mass is 35.5. The molecule has 9 heteroatoms. The zero-order valence-corrected chi connectivity index (χ0v) is 15.9. The second kappa shape index (κ2) is 7.06. The monoisotopic (exact) mass is 403 g/mol. The minimum atomic E-state index is -2.01. The predicted octanol–water partition coefficient (Wildman–Crippen LogP) is 2.10. The number of halogens is 1. The lowest BCUT2D eigenvalue weighted by Crippen LogP contribution is -2.47. The predicted molar refractivity (Wildman–Crippen MR) is 111 cm³/mol. The zero-order chi connectivity index (χ0) is 20.6. The van der Waals surface area contributed by atoms with Crippen molar-refractivity contribution in [2.45, 2.75) is 12.7 Å². The SMILES string of the molecule is CC1C(Oc2ccc(N)cc2N)=CC(N)=C(Cl)C1(O)Oc1ccc(N)cc1N. The van der Waals surface area contributed by atoms with Gasteiger partial charge >= 0.3 is 0 Å². The van der Waals surface area contributed by atoms with Gasteiger partial charge in [0.25, 0.3) is 5.79 Å². The summed E-state index contributed by atoms with van der Waals surface area (Å²) in [6.07, 6.45) is 1.51. The molecule has 0 saturated heterocycles. The fourth-order valence-corrected chi connectivity index (χ4v) is 3.05. The Morgan fingerprint density at radius 3 is 2.00 bits per heavy atom. The van der Waals surface area contributed by atoms with Crippen molar-refractivity contribution in [1.29, 1.82) is 0 Å². The van der Waals surface area contributed by atoms with E-state index in [1.54, 1.807) is 31.2 Å². The topological polar surface area (TPSA) is 169 Å². The number of nitrogen functional groups attached to an aromatic ring is 4. The quantitative estimate of drug-likeness (QED) is 0.333. The molecule has 0 aliphatic heterocycles. The van der Waals surface area contributed by atoms with Crippen molar-refractivity contribution in [1.82, 2.24) is 0 Å². The van der Waals surface area contributed by atoms with E-state index in [1.807, 2.05) is 0 Å². The number of rotatable bonds is 4. The Labute approximate surface area is 167 Å². The van der Waals surface area contributed by atoms with Crippen LogP contribution in [-0.2, 0) is 0 Å². The molecule has 2 aromatic rings. The third kappa shape index (κ3) is 3.47. The van der Waals surface area contributed by atoms with Crippen LogP contribution in [0.2, 0.25) is 0 Å². The summed E-state index contributed by atoms with van der Waals surface area (Å²) in [5.74, 6) is -1.91. The fourth-order valence-electron chi connectivity index (χ4n) is 2.80. The number of ether oxygens (including phenoxy) is 2. The maximum absolute atomic E-state index is 11.2. The lowest BCUT2D eigenvalue weighted by atomic mass is 9.91. The molecule has 2 aromatic carbocycles. The highest BCUT2D eigenvalue weighted by Gasteiger charge is 2.47. The first kappa shape index (κ1) is 19.5. The molecule has 0 saturated carbocycles. The second-order valence-electron chi connectivity index (χ2n) is 6.53. The van der Waals surface area contributed by atoms with Gasteiger partial charge in [0.05, 0.1) is 23.0 Å². The standard InChI is InChI=1S/C19H22ClN5O3/c1-9-17(27-15-4-2-10(21)6-12(15)23)8-14(25)18(20)19(9,26)28-16-5-3-11(22)7-13(16)24/h2-9,26H,21-25H2,1H3. The Balaban J connectivity index is 1.96. The van der Waals surface area contributed by atoms with Crippen molar-refractivity contribution in [3.05, 3.63) is 59.0 Å². The molecule has 0 aromatic heterocycles. The number of hydrogen-bond acceptors (Lipinski definition) is 8. The molecule has 28 heavy (non-hydrogen) atoms. The molecule has 1 aliphatic rings. The van der Waals surface area contributed by atoms with Crippen molar-refractivity contribution in [3.8, 4) is 11.5 Å². The van der Waals surface area contributed by atoms with Crippen LogP contribution in [0.1, 0.15) is 6.92 Å². The van der Waals surface area contributed by atoms with Crippen molar-refractivity contribution in [2.75, 3.05) is 22.9 Å². The molecule has 11 N–H and O–H groups in total. The smallest absolute Gasteiger partial charge is 0.257 e. The van der Waals surface area contributed by atoms with Crippen LogP contribution in [0.25, 0.3) is 0 Å². The maximum Gasteiger partial charge on any atom is 0.257 e. The molecule has 3 rings (SSSR count). The maximum atomic E-state index is 11.2. The summed E-state index contributed by atoms with van der Waals surface area (Å²) >= 11 is 6.30. The molecule has 2 atom stereocenters. The van der Waals surface area contributed by atoms with Crippen LogP contribution in [0, 0.1) is 5.92 Å². The van der Waals surface area contributed by atoms with E-state index in [2.05, 4.69) is 0 Å². The van der Waals surface area contributed by atoms with Crippen molar-refractivity contribution < 1.29 is 14.6 Å². The number of anilines is 4. The van der Waals surface area contributed by atoms with Crippen LogP contribution in [0.4, 0.5) is 22.7 Å². The molecule has 0 spiro atoms. The summed E-state index contributed by atoms with van der Waals surface area (Å²) in [7, 11) is 0. The normalized spacial score (nSPS) is 22.0. The molecular weight excluding hydrogens is 382 g/mol. The van der Waals surface area contributed by atoms with Crippen LogP contribution in [0.5, 0.6) is 11.5 Å². The number of nitrogens with two attached hydrogens (primary N) is 5. The summed E-state index contributed by atoms with van der Waals surface area (Å²) in [4.78, 5) is 0. The summed E-state index contributed by atoms with van der Waals surface area (Å²) in [6.45, 7) is 1.67. The van der Waals surface area contributed by atoms with E-state index in [0.717, 1.165) is 0 Å². The van der Waals surface area contributed by atoms with Gasteiger partial charge in [-0.25, -0.2) is 0 Å². The highest BCUT2D eigenvalue weighted by molar-refractivity contribution is 6.31.